The quantitative estimate of drug-likeness (QED) is 0.326. The summed E-state index contributed by atoms with van der Waals surface area (Å²) >= 11 is 0. The van der Waals surface area contributed by atoms with Gasteiger partial charge in [0.2, 0.25) is 10.0 Å². The van der Waals surface area contributed by atoms with Crippen LogP contribution in [0.25, 0.3) is 0 Å². The van der Waals surface area contributed by atoms with Crippen molar-refractivity contribution < 1.29 is 13.6 Å². The molecule has 0 atom stereocenters. The van der Waals surface area contributed by atoms with Crippen LogP contribution in [0.4, 0.5) is 0 Å². The van der Waals surface area contributed by atoms with Crippen molar-refractivity contribution in [3.8, 4) is 0 Å². The minimum atomic E-state index is -3.73. The minimum absolute atomic E-state index is 0.170. The summed E-state index contributed by atoms with van der Waals surface area (Å²) in [6, 6.07) is 6.59. The summed E-state index contributed by atoms with van der Waals surface area (Å²) in [4.78, 5) is 0.170. The molecule has 1 aromatic carbocycles. The van der Waals surface area contributed by atoms with Gasteiger partial charge < -0.3 is 10.9 Å². The van der Waals surface area contributed by atoms with E-state index < -0.39 is 15.6 Å². The van der Waals surface area contributed by atoms with Crippen molar-refractivity contribution in [1.29, 1.82) is 0 Å². The molecule has 0 heterocycles. The molecule has 0 aromatic heterocycles. The third-order valence-corrected chi connectivity index (χ3v) is 4.34. The van der Waals surface area contributed by atoms with Crippen LogP contribution in [-0.2, 0) is 10.0 Å². The van der Waals surface area contributed by atoms with Gasteiger partial charge in [-0.2, -0.15) is 4.72 Å². The van der Waals surface area contributed by atoms with Crippen molar-refractivity contribution in [1.82, 2.24) is 4.72 Å². The molecule has 18 heavy (non-hydrogen) atoms. The summed E-state index contributed by atoms with van der Waals surface area (Å²) in [6.45, 7) is 4.72. The van der Waals surface area contributed by atoms with Crippen molar-refractivity contribution in [2.24, 2.45) is 10.9 Å². The molecule has 0 saturated heterocycles. The zero-order chi connectivity index (χ0) is 14.0. The number of rotatable bonds is 4. The second-order valence-corrected chi connectivity index (χ2v) is 6.13. The van der Waals surface area contributed by atoms with Gasteiger partial charge in [0.05, 0.1) is 10.4 Å². The van der Waals surface area contributed by atoms with Gasteiger partial charge in [-0.1, -0.05) is 23.4 Å². The average molecular weight is 271 g/mol. The lowest BCUT2D eigenvalue weighted by molar-refractivity contribution is 0.312. The maximum Gasteiger partial charge on any atom is 0.241 e. The van der Waals surface area contributed by atoms with E-state index in [4.69, 9.17) is 10.9 Å². The first kappa shape index (κ1) is 14.5. The van der Waals surface area contributed by atoms with Gasteiger partial charge in [0.1, 0.15) is 0 Å². The van der Waals surface area contributed by atoms with Gasteiger partial charge >= 0.3 is 0 Å². The molecule has 0 saturated carbocycles. The van der Waals surface area contributed by atoms with E-state index in [1.807, 2.05) is 0 Å². The lowest BCUT2D eigenvalue weighted by atomic mass is 10.1. The van der Waals surface area contributed by atoms with E-state index in [0.717, 1.165) is 0 Å². The summed E-state index contributed by atoms with van der Waals surface area (Å²) in [5.41, 5.74) is 4.90. The summed E-state index contributed by atoms with van der Waals surface area (Å²) in [7, 11) is -3.73. The van der Waals surface area contributed by atoms with Crippen LogP contribution in [-0.4, -0.2) is 25.0 Å². The molecule has 0 unspecified atom stereocenters. The smallest absolute Gasteiger partial charge is 0.241 e. The highest BCUT2D eigenvalue weighted by Gasteiger charge is 2.30. The van der Waals surface area contributed by atoms with Gasteiger partial charge in [0.25, 0.3) is 0 Å². The predicted molar refractivity (Wildman–Crippen MR) is 69.0 cm³/mol. The first-order chi connectivity index (χ1) is 8.20. The van der Waals surface area contributed by atoms with Crippen LogP contribution in [0, 0.1) is 6.92 Å². The highest BCUT2D eigenvalue weighted by atomic mass is 32.2. The normalized spacial score (nSPS) is 13.6. The molecule has 0 fully saturated rings. The van der Waals surface area contributed by atoms with E-state index in [1.165, 1.54) is 19.9 Å². The number of benzene rings is 1. The monoisotopic (exact) mass is 271 g/mol. The number of amidine groups is 1. The van der Waals surface area contributed by atoms with Crippen LogP contribution in [0.3, 0.4) is 0 Å². The minimum Gasteiger partial charge on any atom is -0.409 e. The highest BCUT2D eigenvalue weighted by molar-refractivity contribution is 7.89. The van der Waals surface area contributed by atoms with E-state index >= 15 is 0 Å². The van der Waals surface area contributed by atoms with Gasteiger partial charge in [-0.3, -0.25) is 0 Å². The third-order valence-electron chi connectivity index (χ3n) is 2.52. The molecule has 0 bridgehead atoms. The summed E-state index contributed by atoms with van der Waals surface area (Å²) in [6.07, 6.45) is 0. The van der Waals surface area contributed by atoms with Crippen LogP contribution in [0.15, 0.2) is 34.3 Å². The van der Waals surface area contributed by atoms with Gasteiger partial charge in [0, 0.05) is 0 Å². The lowest BCUT2D eigenvalue weighted by Gasteiger charge is -2.24. The topological polar surface area (TPSA) is 105 Å². The van der Waals surface area contributed by atoms with E-state index in [9.17, 15) is 8.42 Å². The molecule has 6 nitrogen and oxygen atoms in total. The van der Waals surface area contributed by atoms with Crippen molar-refractivity contribution in [2.45, 2.75) is 31.2 Å². The van der Waals surface area contributed by atoms with E-state index in [1.54, 1.807) is 25.1 Å². The van der Waals surface area contributed by atoms with Crippen molar-refractivity contribution >= 4 is 15.9 Å². The Morgan fingerprint density at radius 3 is 2.44 bits per heavy atom. The number of hydrogen-bond acceptors (Lipinski definition) is 4. The second kappa shape index (κ2) is 4.95. The molecule has 0 spiro atoms. The van der Waals surface area contributed by atoms with Gasteiger partial charge in [-0.05, 0) is 32.4 Å². The average Bonchev–Trinajstić information content (AvgIpc) is 2.26. The number of hydrogen-bond donors (Lipinski definition) is 3. The zero-order valence-corrected chi connectivity index (χ0v) is 11.3. The molecule has 0 aliphatic heterocycles. The molecule has 1 rings (SSSR count). The molecule has 0 aliphatic carbocycles. The maximum absolute atomic E-state index is 12.2. The molecular weight excluding hydrogens is 254 g/mol. The van der Waals surface area contributed by atoms with E-state index in [2.05, 4.69) is 9.88 Å². The Kier molecular flexibility index (Phi) is 3.98. The number of oxime groups is 1. The van der Waals surface area contributed by atoms with Crippen LogP contribution in [0.2, 0.25) is 0 Å². The van der Waals surface area contributed by atoms with Crippen LogP contribution >= 0.6 is 0 Å². The molecule has 0 radical (unpaired) electrons. The number of sulfonamides is 1. The summed E-state index contributed by atoms with van der Waals surface area (Å²) < 4.78 is 26.8. The lowest BCUT2D eigenvalue weighted by Crippen LogP contribution is -2.53. The van der Waals surface area contributed by atoms with Crippen molar-refractivity contribution in [2.75, 3.05) is 0 Å². The van der Waals surface area contributed by atoms with E-state index in [0.29, 0.717) is 5.56 Å². The Morgan fingerprint density at radius 1 is 1.39 bits per heavy atom. The third kappa shape index (κ3) is 2.99. The second-order valence-electron chi connectivity index (χ2n) is 4.48. The molecule has 1 aromatic rings. The fourth-order valence-electron chi connectivity index (χ4n) is 1.43. The summed E-state index contributed by atoms with van der Waals surface area (Å²) in [5.74, 6) is -0.209. The van der Waals surface area contributed by atoms with Gasteiger partial charge in [-0.15, -0.1) is 0 Å². The van der Waals surface area contributed by atoms with Crippen molar-refractivity contribution in [3.63, 3.8) is 0 Å². The predicted octanol–water partition coefficient (Wildman–Crippen LogP) is 0.798. The molecule has 4 N–H and O–H groups in total. The largest absolute Gasteiger partial charge is 0.409 e. The van der Waals surface area contributed by atoms with Crippen LogP contribution in [0.1, 0.15) is 19.4 Å². The first-order valence-corrected chi connectivity index (χ1v) is 6.76. The fraction of sp³-hybridized carbons (Fsp3) is 0.364. The molecule has 0 aliphatic rings. The first-order valence-electron chi connectivity index (χ1n) is 5.28. The maximum atomic E-state index is 12.2. The molecule has 100 valence electrons. The number of nitrogens with zero attached hydrogens (tertiary/aromatic N) is 1. The summed E-state index contributed by atoms with van der Waals surface area (Å²) in [5, 5.41) is 11.4. The van der Waals surface area contributed by atoms with Crippen molar-refractivity contribution in [3.05, 3.63) is 29.8 Å². The highest BCUT2D eigenvalue weighted by Crippen LogP contribution is 2.16. The SMILES string of the molecule is Cc1ccccc1S(=O)(=O)NC(C)(C)C(N)=NO. The Morgan fingerprint density at radius 2 is 1.94 bits per heavy atom. The zero-order valence-electron chi connectivity index (χ0n) is 10.5. The van der Waals surface area contributed by atoms with Crippen LogP contribution in [0.5, 0.6) is 0 Å². The number of nitrogens with one attached hydrogen (secondary N) is 1. The molecule has 0 amide bonds. The number of nitrogens with two attached hydrogens (primary N) is 1. The Hall–Kier alpha value is -1.60. The Balaban J connectivity index is 3.15. The molecule has 7 heteroatoms. The number of aryl methyl sites for hydroxylation is 1. The van der Waals surface area contributed by atoms with E-state index in [-0.39, 0.29) is 10.7 Å². The van der Waals surface area contributed by atoms with Crippen LogP contribution < -0.4 is 10.5 Å². The van der Waals surface area contributed by atoms with Gasteiger partial charge in [0.15, 0.2) is 5.84 Å². The standard InChI is InChI=1S/C11H17N3O3S/c1-8-6-4-5-7-9(8)18(16,17)14-11(2,3)10(12)13-15/h4-7,14-15H,1-3H3,(H2,12,13). The molecular formula is C11H17N3O3S. The fourth-order valence-corrected chi connectivity index (χ4v) is 3.06. The Labute approximate surface area is 107 Å². The Bertz CT molecular complexity index is 565. The van der Waals surface area contributed by atoms with Gasteiger partial charge in [-0.25, -0.2) is 8.42 Å².